The van der Waals surface area contributed by atoms with Crippen molar-refractivity contribution < 1.29 is 9.53 Å². The molecule has 0 fully saturated rings. The molecule has 0 bridgehead atoms. The maximum Gasteiger partial charge on any atom is 0.327 e. The van der Waals surface area contributed by atoms with Crippen molar-refractivity contribution in [1.29, 1.82) is 0 Å². The lowest BCUT2D eigenvalue weighted by atomic mass is 10.0. The van der Waals surface area contributed by atoms with Crippen molar-refractivity contribution in [2.45, 2.75) is 19.5 Å². The van der Waals surface area contributed by atoms with Crippen LogP contribution in [0.5, 0.6) is 0 Å². The zero-order valence-corrected chi connectivity index (χ0v) is 13.7. The van der Waals surface area contributed by atoms with Gasteiger partial charge in [0.25, 0.3) is 0 Å². The van der Waals surface area contributed by atoms with E-state index < -0.39 is 6.04 Å². The minimum absolute atomic E-state index is 0.296. The summed E-state index contributed by atoms with van der Waals surface area (Å²) in [5, 5.41) is 3.26. The molecule has 0 saturated heterocycles. The highest BCUT2D eigenvalue weighted by molar-refractivity contribution is 9.10. The summed E-state index contributed by atoms with van der Waals surface area (Å²) in [4.78, 5) is 12.1. The number of nitrogens with one attached hydrogen (secondary N) is 1. The van der Waals surface area contributed by atoms with Crippen LogP contribution in [0.4, 0.5) is 0 Å². The summed E-state index contributed by atoms with van der Waals surface area (Å²) in [6, 6.07) is 15.4. The first-order chi connectivity index (χ1) is 10.1. The monoisotopic (exact) mass is 347 g/mol. The van der Waals surface area contributed by atoms with Crippen LogP contribution in [0, 0.1) is 6.92 Å². The fraction of sp³-hybridized carbons (Fsp3) is 0.235. The van der Waals surface area contributed by atoms with Gasteiger partial charge in [-0.2, -0.15) is 0 Å². The van der Waals surface area contributed by atoms with Crippen molar-refractivity contribution in [1.82, 2.24) is 5.32 Å². The smallest absolute Gasteiger partial charge is 0.327 e. The van der Waals surface area contributed by atoms with Gasteiger partial charge >= 0.3 is 5.97 Å². The molecule has 1 N–H and O–H groups in total. The van der Waals surface area contributed by atoms with Gasteiger partial charge in [-0.15, -0.1) is 0 Å². The van der Waals surface area contributed by atoms with Crippen molar-refractivity contribution in [2.24, 2.45) is 0 Å². The molecule has 1 atom stereocenters. The largest absolute Gasteiger partial charge is 0.468 e. The Morgan fingerprint density at radius 1 is 1.24 bits per heavy atom. The Labute approximate surface area is 133 Å². The average Bonchev–Trinajstić information content (AvgIpc) is 2.50. The van der Waals surface area contributed by atoms with Gasteiger partial charge in [0.1, 0.15) is 6.04 Å². The Balaban J connectivity index is 2.20. The molecule has 110 valence electrons. The molecule has 0 aliphatic carbocycles. The Bertz CT molecular complexity index is 613. The van der Waals surface area contributed by atoms with Crippen molar-refractivity contribution in [3.8, 4) is 0 Å². The second-order valence-corrected chi connectivity index (χ2v) is 5.70. The van der Waals surface area contributed by atoms with E-state index in [1.54, 1.807) is 0 Å². The Morgan fingerprint density at radius 3 is 2.57 bits per heavy atom. The highest BCUT2D eigenvalue weighted by atomic mass is 79.9. The fourth-order valence-electron chi connectivity index (χ4n) is 2.12. The van der Waals surface area contributed by atoms with E-state index >= 15 is 0 Å². The van der Waals surface area contributed by atoms with Gasteiger partial charge in [-0.05, 0) is 29.7 Å². The van der Waals surface area contributed by atoms with E-state index in [0.29, 0.717) is 6.54 Å². The van der Waals surface area contributed by atoms with Crippen molar-refractivity contribution in [3.05, 3.63) is 69.7 Å². The highest BCUT2D eigenvalue weighted by Crippen LogP contribution is 2.26. The number of carbonyl (C=O) groups excluding carboxylic acids is 1. The van der Waals surface area contributed by atoms with Crippen LogP contribution in [0.25, 0.3) is 0 Å². The van der Waals surface area contributed by atoms with Crippen LogP contribution in [0.15, 0.2) is 53.0 Å². The first-order valence-corrected chi connectivity index (χ1v) is 7.52. The van der Waals surface area contributed by atoms with Crippen LogP contribution in [0.2, 0.25) is 0 Å². The molecular formula is C17H18BrNO2. The van der Waals surface area contributed by atoms with Crippen LogP contribution in [-0.4, -0.2) is 13.1 Å². The zero-order chi connectivity index (χ0) is 15.2. The van der Waals surface area contributed by atoms with Gasteiger partial charge in [0.2, 0.25) is 0 Å². The average molecular weight is 348 g/mol. The molecule has 0 heterocycles. The molecule has 2 aromatic carbocycles. The second kappa shape index (κ2) is 7.38. The fourth-order valence-corrected chi connectivity index (χ4v) is 2.84. The van der Waals surface area contributed by atoms with Gasteiger partial charge in [0, 0.05) is 11.0 Å². The molecule has 4 heteroatoms. The summed E-state index contributed by atoms with van der Waals surface area (Å²) in [5.74, 6) is -0.296. The standard InChI is InChI=1S/C17H18BrNO2/c1-12-8-9-14(15(18)10-12)16(17(20)21-2)19-11-13-6-4-3-5-7-13/h3-10,16,19H,11H2,1-2H3. The number of ether oxygens (including phenoxy) is 1. The summed E-state index contributed by atoms with van der Waals surface area (Å²) in [6.07, 6.45) is 0. The Morgan fingerprint density at radius 2 is 1.95 bits per heavy atom. The van der Waals surface area contributed by atoms with Gasteiger partial charge in [-0.1, -0.05) is 58.4 Å². The first-order valence-electron chi connectivity index (χ1n) is 6.73. The third-order valence-electron chi connectivity index (χ3n) is 3.26. The van der Waals surface area contributed by atoms with E-state index in [9.17, 15) is 4.79 Å². The molecule has 0 aliphatic heterocycles. The molecule has 0 saturated carbocycles. The van der Waals surface area contributed by atoms with Crippen molar-refractivity contribution in [3.63, 3.8) is 0 Å². The summed E-state index contributed by atoms with van der Waals surface area (Å²) >= 11 is 3.52. The molecule has 2 rings (SSSR count). The first kappa shape index (κ1) is 15.7. The number of benzene rings is 2. The topological polar surface area (TPSA) is 38.3 Å². The van der Waals surface area contributed by atoms with E-state index in [1.807, 2.05) is 55.5 Å². The SMILES string of the molecule is COC(=O)C(NCc1ccccc1)c1ccc(C)cc1Br. The van der Waals surface area contributed by atoms with E-state index in [1.165, 1.54) is 7.11 Å². The van der Waals surface area contributed by atoms with Gasteiger partial charge in [0.15, 0.2) is 0 Å². The molecule has 0 radical (unpaired) electrons. The lowest BCUT2D eigenvalue weighted by Gasteiger charge is -2.18. The van der Waals surface area contributed by atoms with Gasteiger partial charge in [-0.25, -0.2) is 4.79 Å². The van der Waals surface area contributed by atoms with Crippen LogP contribution < -0.4 is 5.32 Å². The van der Waals surface area contributed by atoms with Crippen molar-refractivity contribution in [2.75, 3.05) is 7.11 Å². The van der Waals surface area contributed by atoms with E-state index in [-0.39, 0.29) is 5.97 Å². The number of esters is 1. The number of methoxy groups -OCH3 is 1. The molecule has 21 heavy (non-hydrogen) atoms. The minimum atomic E-state index is -0.495. The molecule has 0 amide bonds. The third kappa shape index (κ3) is 4.16. The van der Waals surface area contributed by atoms with Crippen molar-refractivity contribution >= 4 is 21.9 Å². The molecular weight excluding hydrogens is 330 g/mol. The van der Waals surface area contributed by atoms with Crippen LogP contribution >= 0.6 is 15.9 Å². The van der Waals surface area contributed by atoms with Crippen LogP contribution in [0.3, 0.4) is 0 Å². The van der Waals surface area contributed by atoms with Crippen LogP contribution in [-0.2, 0) is 16.1 Å². The van der Waals surface area contributed by atoms with E-state index in [4.69, 9.17) is 4.74 Å². The molecule has 0 spiro atoms. The normalized spacial score (nSPS) is 12.0. The highest BCUT2D eigenvalue weighted by Gasteiger charge is 2.23. The summed E-state index contributed by atoms with van der Waals surface area (Å²) in [5.41, 5.74) is 3.13. The maximum absolute atomic E-state index is 12.1. The molecule has 1 unspecified atom stereocenters. The Kier molecular flexibility index (Phi) is 5.53. The van der Waals surface area contributed by atoms with Gasteiger partial charge in [-0.3, -0.25) is 5.32 Å². The van der Waals surface area contributed by atoms with E-state index in [0.717, 1.165) is 21.2 Å². The number of rotatable bonds is 5. The lowest BCUT2D eigenvalue weighted by molar-refractivity contribution is -0.143. The molecule has 3 nitrogen and oxygen atoms in total. The summed E-state index contributed by atoms with van der Waals surface area (Å²) in [7, 11) is 1.40. The second-order valence-electron chi connectivity index (χ2n) is 4.85. The zero-order valence-electron chi connectivity index (χ0n) is 12.1. The summed E-state index contributed by atoms with van der Waals surface area (Å²) in [6.45, 7) is 2.61. The number of aryl methyl sites for hydroxylation is 1. The predicted molar refractivity (Wildman–Crippen MR) is 86.9 cm³/mol. The maximum atomic E-state index is 12.1. The molecule has 0 aromatic heterocycles. The van der Waals surface area contributed by atoms with Gasteiger partial charge in [0.05, 0.1) is 7.11 Å². The lowest BCUT2D eigenvalue weighted by Crippen LogP contribution is -2.29. The Hall–Kier alpha value is -1.65. The predicted octanol–water partition coefficient (Wildman–Crippen LogP) is 3.76. The molecule has 2 aromatic rings. The number of carbonyl (C=O) groups is 1. The molecule has 0 aliphatic rings. The van der Waals surface area contributed by atoms with Crippen LogP contribution in [0.1, 0.15) is 22.7 Å². The number of halogens is 1. The third-order valence-corrected chi connectivity index (χ3v) is 3.94. The van der Waals surface area contributed by atoms with Gasteiger partial charge < -0.3 is 4.74 Å². The number of hydrogen-bond donors (Lipinski definition) is 1. The summed E-state index contributed by atoms with van der Waals surface area (Å²) < 4.78 is 5.82. The minimum Gasteiger partial charge on any atom is -0.468 e. The number of hydrogen-bond acceptors (Lipinski definition) is 3. The quantitative estimate of drug-likeness (QED) is 0.836. The van der Waals surface area contributed by atoms with E-state index in [2.05, 4.69) is 21.2 Å².